The summed E-state index contributed by atoms with van der Waals surface area (Å²) in [5.41, 5.74) is -8.67. The molecule has 3 saturated heterocycles. The number of fused-ring (bicyclic) bond motifs is 12. The predicted molar refractivity (Wildman–Crippen MR) is 443 cm³/mol. The van der Waals surface area contributed by atoms with Crippen molar-refractivity contribution in [3.63, 3.8) is 0 Å². The summed E-state index contributed by atoms with van der Waals surface area (Å²) in [5.74, 6) is 3.30. The van der Waals surface area contributed by atoms with Crippen molar-refractivity contribution in [2.24, 2.45) is 63.1 Å². The second kappa shape index (κ2) is 39.0. The third-order valence-corrected chi connectivity index (χ3v) is 29.0. The molecule has 13 atom stereocenters. The molecule has 31 heteroatoms. The smallest absolute Gasteiger partial charge is 0.510 e. The van der Waals surface area contributed by atoms with E-state index in [1.807, 2.05) is 100 Å². The summed E-state index contributed by atoms with van der Waals surface area (Å²) in [6.07, 6.45) is -6.62. The fourth-order valence-corrected chi connectivity index (χ4v) is 18.8. The van der Waals surface area contributed by atoms with E-state index in [1.165, 1.54) is 99.3 Å². The highest BCUT2D eigenvalue weighted by atomic mass is 32.2. The molecule has 0 spiro atoms. The first-order valence-corrected chi connectivity index (χ1v) is 44.8. The van der Waals surface area contributed by atoms with E-state index in [4.69, 9.17) is 33.5 Å². The largest absolute Gasteiger partial charge is 0.743 e. The van der Waals surface area contributed by atoms with Gasteiger partial charge in [-0.05, 0) is 267 Å². The van der Waals surface area contributed by atoms with E-state index in [0.29, 0.717) is 37.9 Å². The van der Waals surface area contributed by atoms with Crippen molar-refractivity contribution in [2.75, 3.05) is 0 Å². The van der Waals surface area contributed by atoms with E-state index < -0.39 is 98.2 Å². The fraction of sp³-hybridized carbons (Fsp3) is 0.602. The summed E-state index contributed by atoms with van der Waals surface area (Å²) >= 11 is 0. The molecule has 7 fully saturated rings. The van der Waals surface area contributed by atoms with Gasteiger partial charge in [-0.1, -0.05) is 122 Å². The Balaban J connectivity index is 0.000000188. The van der Waals surface area contributed by atoms with Crippen LogP contribution in [0.5, 0.6) is 23.0 Å². The van der Waals surface area contributed by atoms with Crippen molar-refractivity contribution in [2.45, 2.75) is 307 Å². The zero-order valence-corrected chi connectivity index (χ0v) is 75.8. The molecule has 6 bridgehead atoms. The Labute approximate surface area is 725 Å². The maximum Gasteiger partial charge on any atom is 0.510 e. The van der Waals surface area contributed by atoms with Crippen LogP contribution in [0, 0.1) is 63.1 Å². The molecule has 0 aromatic heterocycles. The number of rotatable bonds is 22. The molecule has 4 saturated carbocycles. The molecule has 0 amide bonds. The van der Waals surface area contributed by atoms with Gasteiger partial charge in [0.2, 0.25) is 9.79 Å². The number of para-hydroxylation sites is 2. The van der Waals surface area contributed by atoms with Gasteiger partial charge in [0, 0.05) is 5.92 Å². The van der Waals surface area contributed by atoms with Crippen LogP contribution in [0.25, 0.3) is 0 Å². The first kappa shape index (κ1) is 101. The number of carbonyl (C=O) groups is 7. The third-order valence-electron chi connectivity index (χ3n) is 25.7. The van der Waals surface area contributed by atoms with Gasteiger partial charge in [0.05, 0.1) is 33.7 Å². The van der Waals surface area contributed by atoms with Gasteiger partial charge in [-0.15, -0.1) is 0 Å². The van der Waals surface area contributed by atoms with Crippen LogP contribution >= 0.6 is 0 Å². The van der Waals surface area contributed by atoms with Crippen LogP contribution in [0.2, 0.25) is 0 Å². The Morgan fingerprint density at radius 3 is 1.57 bits per heavy atom. The van der Waals surface area contributed by atoms with Gasteiger partial charge in [-0.2, -0.15) is 35.1 Å². The monoisotopic (exact) mass is 1790 g/mol. The number of hydrogen-bond donors (Lipinski definition) is 1. The Bertz CT molecular complexity index is 4600. The van der Waals surface area contributed by atoms with E-state index in [1.54, 1.807) is 31.2 Å². The molecule has 8 aliphatic rings. The Kier molecular flexibility index (Phi) is 31.7. The number of carbonyl (C=O) groups excluding carboxylic acids is 7. The number of hydrogen-bond acceptors (Lipinski definition) is 21. The predicted octanol–water partition coefficient (Wildman–Crippen LogP) is 21.2. The zero-order valence-electron chi connectivity index (χ0n) is 74.2. The summed E-state index contributed by atoms with van der Waals surface area (Å²) in [5, 5.41) is 4.42. The van der Waals surface area contributed by atoms with E-state index in [9.17, 15) is 81.7 Å². The number of ether oxygens (including phenoxy) is 10. The topological polar surface area (TPSA) is 289 Å². The summed E-state index contributed by atoms with van der Waals surface area (Å²) in [6.45, 7) is 33.5. The van der Waals surface area contributed by atoms with Crippen molar-refractivity contribution in [1.82, 2.24) is 0 Å². The normalized spacial score (nSPS) is 23.7. The summed E-state index contributed by atoms with van der Waals surface area (Å²) < 4.78 is 189. The lowest BCUT2D eigenvalue weighted by atomic mass is 9.65. The molecule has 5 aromatic rings. The maximum absolute atomic E-state index is 13.5. The maximum atomic E-state index is 13.5. The van der Waals surface area contributed by atoms with Crippen LogP contribution in [0.3, 0.4) is 0 Å². The molecule has 686 valence electrons. The molecule has 0 radical (unpaired) electrons. The number of aromatic hydroxyl groups is 1. The van der Waals surface area contributed by atoms with E-state index in [0.717, 1.165) is 78.8 Å². The molecule has 21 nitrogen and oxygen atoms in total. The lowest BCUT2D eigenvalue weighted by Crippen LogP contribution is -2.65. The first-order valence-electron chi connectivity index (χ1n) is 42.2. The van der Waals surface area contributed by atoms with Gasteiger partial charge in [0.25, 0.3) is 0 Å². The molecule has 124 heavy (non-hydrogen) atoms. The highest BCUT2D eigenvalue weighted by molar-refractivity contribution is 7.97. The van der Waals surface area contributed by atoms with Crippen LogP contribution in [0.1, 0.15) is 227 Å². The minimum Gasteiger partial charge on any atom is -0.743 e. The molecule has 13 unspecified atom stereocenters. The summed E-state index contributed by atoms with van der Waals surface area (Å²) in [4.78, 5) is 87.0. The Hall–Kier alpha value is -8.55. The average Bonchev–Trinajstić information content (AvgIpc) is 1.53. The van der Waals surface area contributed by atoms with Crippen molar-refractivity contribution in [3.8, 4) is 23.0 Å². The Morgan fingerprint density at radius 1 is 0.573 bits per heavy atom. The van der Waals surface area contributed by atoms with E-state index in [2.05, 4.69) is 87.4 Å². The SMILES string of the molecule is CCC(C)(C)C(=O)OC(C)C(F)(F)S(=O)(=O)[O-].CCC(C)(C)C(=O)OC1(CC)CC2CC1C1C3CCC(C3)C21.CCC(C)(C)C(=O)OC1C2CC3C(=O)OC1C3O2.CCC(C)(C)C(=O)Oc1ccc(O)cc1.CCC(C)(C)c1ccc(COC(=O)C(OC(=O)OC(C)(C)C)(C(F)(F)F)C(F)(F)F)cc1.c1ccc([S+]2c3ccccc3Oc3ccccc32)cc1. The average molecular weight is 1790 g/mol. The molecule has 4 aliphatic carbocycles. The highest BCUT2D eigenvalue weighted by Crippen LogP contribution is 2.71. The minimum absolute atomic E-state index is 0.0455. The molecular formula is C93H120F8O21S2. The molecule has 5 aromatic carbocycles. The molecule has 13 rings (SSSR count). The quantitative estimate of drug-likeness (QED) is 0.0126. The Morgan fingerprint density at radius 2 is 1.07 bits per heavy atom. The molecule has 4 heterocycles. The van der Waals surface area contributed by atoms with Crippen molar-refractivity contribution in [3.05, 3.63) is 139 Å². The van der Waals surface area contributed by atoms with Crippen LogP contribution < -0.4 is 9.47 Å². The fourth-order valence-electron chi connectivity index (χ4n) is 16.1. The molecule has 4 aliphatic heterocycles. The number of halogens is 8. The number of phenols is 1. The van der Waals surface area contributed by atoms with Gasteiger partial charge >= 0.3 is 65.2 Å². The zero-order chi connectivity index (χ0) is 92.9. The van der Waals surface area contributed by atoms with Crippen LogP contribution in [0.15, 0.2) is 142 Å². The number of alkyl halides is 8. The highest BCUT2D eigenvalue weighted by Gasteiger charge is 2.81. The van der Waals surface area contributed by atoms with Gasteiger partial charge in [0.15, 0.2) is 44.8 Å². The lowest BCUT2D eigenvalue weighted by Gasteiger charge is -2.46. The van der Waals surface area contributed by atoms with Gasteiger partial charge in [-0.3, -0.25) is 24.0 Å². The second-order valence-corrected chi connectivity index (χ2v) is 40.5. The molecular weight excluding hydrogens is 1670 g/mol. The molecule has 1 N–H and O–H groups in total. The van der Waals surface area contributed by atoms with Crippen molar-refractivity contribution >= 4 is 63.0 Å². The lowest BCUT2D eigenvalue weighted by molar-refractivity contribution is -0.358. The van der Waals surface area contributed by atoms with Crippen molar-refractivity contribution in [1.29, 1.82) is 0 Å². The summed E-state index contributed by atoms with van der Waals surface area (Å²) in [7, 11) is -5.94. The number of esters is 6. The third kappa shape index (κ3) is 22.5. The van der Waals surface area contributed by atoms with Gasteiger partial charge in [0.1, 0.15) is 46.3 Å². The summed E-state index contributed by atoms with van der Waals surface area (Å²) in [6, 6.07) is 39.5. The number of phenolic OH excluding ortho intramolecular Hbond substituents is 1. The number of benzene rings is 5. The van der Waals surface area contributed by atoms with Gasteiger partial charge in [-0.25, -0.2) is 18.0 Å². The first-order chi connectivity index (χ1) is 57.4. The second-order valence-electron chi connectivity index (χ2n) is 37.1. The van der Waals surface area contributed by atoms with Crippen molar-refractivity contribution < 1.29 is 134 Å². The minimum atomic E-state index is -6.37. The van der Waals surface area contributed by atoms with Gasteiger partial charge < -0.3 is 57.0 Å². The standard InChI is InChI=1S/C21H26F6O5.C20H32O2.C18H13OS.C13H18O5.C12H16O3.C9H16F2O5S/c1-7-18(5,6)14-10-8-13(9-11-14)12-30-15(28)19(20(22,23)24,21(25,26)27)32-16(29)31-17(2,3)4;1-5-19(3,4)18(21)22-20(6-2)11-14-10-15(20)17-13-8-7-12(9-13)16(14)17;1-2-8-14(9-3-1)20-17-12-6-4-10-15(17)19-16-11-5-7-13-18(16)20;1-4-13(2,3)12(15)18-9-7-5-6-8(16-7)10(9)17-11(6)14;1-4-12(2,3)11(14)15-10-7-5-9(13)6-8-10;1-5-8(3,4)7(12)16-6(2)9(10,11)17(13,14)15/h8-11H,7,12H2,1-6H3;12-17H,5-11H2,1-4H3;1-13H;6-10H,4-5H2,1-3H3;5-8,13H,4H2,1-3H3;6H,5H2,1-4H3,(H,13,14,15)/q;;+1;;;/p-1. The van der Waals surface area contributed by atoms with Crippen LogP contribution in [0.4, 0.5) is 39.9 Å². The van der Waals surface area contributed by atoms with Crippen LogP contribution in [-0.4, -0.2) is 125 Å². The van der Waals surface area contributed by atoms with Crippen LogP contribution in [-0.2, 0) is 99.7 Å². The van der Waals surface area contributed by atoms with E-state index in [-0.39, 0.29) is 80.6 Å². The van der Waals surface area contributed by atoms with E-state index >= 15 is 0 Å².